The number of carbonyl (C=O) groups is 2. The Kier molecular flexibility index (Phi) is 6.54. The number of benzene rings is 1. The van der Waals surface area contributed by atoms with Gasteiger partial charge in [-0.2, -0.15) is 0 Å². The van der Waals surface area contributed by atoms with Gasteiger partial charge < -0.3 is 15.8 Å². The molecule has 0 radical (unpaired) electrons. The molecule has 0 spiro atoms. The minimum atomic E-state index is -0.428. The van der Waals surface area contributed by atoms with Crippen LogP contribution in [0.3, 0.4) is 0 Å². The molecule has 31 heavy (non-hydrogen) atoms. The molecule has 1 aromatic carbocycles. The maximum atomic E-state index is 12.7. The lowest BCUT2D eigenvalue weighted by molar-refractivity contribution is -0.122. The summed E-state index contributed by atoms with van der Waals surface area (Å²) in [5, 5.41) is 4.49. The Labute approximate surface area is 188 Å². The highest BCUT2D eigenvalue weighted by Gasteiger charge is 2.33. The van der Waals surface area contributed by atoms with Crippen molar-refractivity contribution in [1.82, 2.24) is 15.3 Å². The van der Waals surface area contributed by atoms with Crippen molar-refractivity contribution in [2.75, 3.05) is 12.9 Å². The van der Waals surface area contributed by atoms with E-state index in [1.54, 1.807) is 7.11 Å². The maximum absolute atomic E-state index is 12.7. The fraction of sp³-hybridized carbons (Fsp3) is 0.364. The predicted molar refractivity (Wildman–Crippen MR) is 123 cm³/mol. The number of fused-ring (bicyclic) bond motifs is 1. The van der Waals surface area contributed by atoms with Crippen LogP contribution in [-0.4, -0.2) is 40.6 Å². The minimum absolute atomic E-state index is 0.0227. The molecule has 1 aliphatic rings. The molecule has 162 valence electrons. The van der Waals surface area contributed by atoms with Crippen molar-refractivity contribution in [3.8, 4) is 5.75 Å². The monoisotopic (exact) mass is 456 g/mol. The molecule has 0 saturated heterocycles. The second-order valence-corrected chi connectivity index (χ2v) is 9.65. The summed E-state index contributed by atoms with van der Waals surface area (Å²) in [4.78, 5) is 35.4. The number of aryl methyl sites for hydroxylation is 1. The molecule has 3 N–H and O–H groups in total. The molecular weight excluding hydrogens is 432 g/mol. The van der Waals surface area contributed by atoms with E-state index in [1.807, 2.05) is 37.3 Å². The van der Waals surface area contributed by atoms with E-state index in [2.05, 4.69) is 15.3 Å². The SMILES string of the molecule is COc1ccc2nc(C)nc(SCC(=O)c3ccc(CNC(=O)[C@@H](N)C4CC4)s3)c2c1. The number of nitrogens with zero attached hydrogens (tertiary/aromatic N) is 2. The molecule has 1 fully saturated rings. The van der Waals surface area contributed by atoms with Gasteiger partial charge in [-0.1, -0.05) is 11.8 Å². The van der Waals surface area contributed by atoms with Gasteiger partial charge in [0.25, 0.3) is 0 Å². The number of hydrogen-bond donors (Lipinski definition) is 2. The smallest absolute Gasteiger partial charge is 0.237 e. The third-order valence-electron chi connectivity index (χ3n) is 5.13. The molecule has 9 heteroatoms. The van der Waals surface area contributed by atoms with E-state index in [9.17, 15) is 9.59 Å². The summed E-state index contributed by atoms with van der Waals surface area (Å²) >= 11 is 2.79. The zero-order valence-electron chi connectivity index (χ0n) is 17.4. The van der Waals surface area contributed by atoms with Gasteiger partial charge in [0.2, 0.25) is 5.91 Å². The molecule has 3 aromatic rings. The van der Waals surface area contributed by atoms with E-state index in [4.69, 9.17) is 10.5 Å². The fourth-order valence-electron chi connectivity index (χ4n) is 3.22. The Hall–Kier alpha value is -2.49. The molecule has 7 nitrogen and oxygen atoms in total. The topological polar surface area (TPSA) is 107 Å². The number of thiophene rings is 1. The van der Waals surface area contributed by atoms with Crippen LogP contribution in [0.5, 0.6) is 5.75 Å². The summed E-state index contributed by atoms with van der Waals surface area (Å²) < 4.78 is 5.31. The lowest BCUT2D eigenvalue weighted by atomic mass is 10.2. The van der Waals surface area contributed by atoms with Crippen molar-refractivity contribution in [3.63, 3.8) is 0 Å². The highest BCUT2D eigenvalue weighted by Crippen LogP contribution is 2.32. The predicted octanol–water partition coefficient (Wildman–Crippen LogP) is 3.34. The third-order valence-corrected chi connectivity index (χ3v) is 7.24. The number of nitrogens with two attached hydrogens (primary N) is 1. The molecule has 4 rings (SSSR count). The molecule has 1 aliphatic carbocycles. The molecule has 1 atom stereocenters. The van der Waals surface area contributed by atoms with Gasteiger partial charge in [0, 0.05) is 10.3 Å². The number of ketones is 1. The van der Waals surface area contributed by atoms with Crippen molar-refractivity contribution >= 4 is 45.7 Å². The fourth-order valence-corrected chi connectivity index (χ4v) is 5.13. The van der Waals surface area contributed by atoms with Gasteiger partial charge in [0.15, 0.2) is 5.78 Å². The molecule has 0 unspecified atom stereocenters. The summed E-state index contributed by atoms with van der Waals surface area (Å²) in [6.45, 7) is 2.23. The number of thioether (sulfide) groups is 1. The second kappa shape index (κ2) is 9.33. The van der Waals surface area contributed by atoms with Crippen molar-refractivity contribution in [1.29, 1.82) is 0 Å². The van der Waals surface area contributed by atoms with E-state index >= 15 is 0 Å². The summed E-state index contributed by atoms with van der Waals surface area (Å²) in [6.07, 6.45) is 2.05. The normalized spacial score (nSPS) is 14.4. The Morgan fingerprint density at radius 3 is 2.84 bits per heavy atom. The Bertz CT molecular complexity index is 1130. The van der Waals surface area contributed by atoms with Gasteiger partial charge in [0.05, 0.1) is 35.8 Å². The first kappa shape index (κ1) is 21.7. The molecule has 1 amide bonds. The first-order valence-corrected chi connectivity index (χ1v) is 11.8. The van der Waals surface area contributed by atoms with Gasteiger partial charge >= 0.3 is 0 Å². The number of nitrogens with one attached hydrogen (secondary N) is 1. The standard InChI is InChI=1S/C22H24N4O3S2/c1-12-25-17-7-5-14(29-2)9-16(17)22(26-12)30-11-18(27)19-8-6-15(31-19)10-24-21(28)20(23)13-3-4-13/h5-9,13,20H,3-4,10-11,23H2,1-2H3,(H,24,28)/t20-/m0/s1. The highest BCUT2D eigenvalue weighted by atomic mass is 32.2. The van der Waals surface area contributed by atoms with Crippen LogP contribution in [-0.2, 0) is 11.3 Å². The second-order valence-electron chi connectivity index (χ2n) is 7.52. The van der Waals surface area contributed by atoms with Crippen molar-refractivity contribution in [3.05, 3.63) is 45.9 Å². The summed E-state index contributed by atoms with van der Waals surface area (Å²) in [7, 11) is 1.61. The maximum Gasteiger partial charge on any atom is 0.237 e. The van der Waals surface area contributed by atoms with Crippen molar-refractivity contribution in [2.24, 2.45) is 11.7 Å². The Balaban J connectivity index is 1.38. The van der Waals surface area contributed by atoms with Crippen molar-refractivity contribution < 1.29 is 14.3 Å². The largest absolute Gasteiger partial charge is 0.497 e. The van der Waals surface area contributed by atoms with Crippen LogP contribution in [0.25, 0.3) is 10.9 Å². The van der Waals surface area contributed by atoms with Crippen LogP contribution in [0.15, 0.2) is 35.4 Å². The molecule has 0 bridgehead atoms. The number of methoxy groups -OCH3 is 1. The Morgan fingerprint density at radius 2 is 2.10 bits per heavy atom. The lowest BCUT2D eigenvalue weighted by Gasteiger charge is -2.10. The average molecular weight is 457 g/mol. The third kappa shape index (κ3) is 5.23. The molecule has 1 saturated carbocycles. The molecule has 0 aliphatic heterocycles. The number of aromatic nitrogens is 2. The summed E-state index contributed by atoms with van der Waals surface area (Å²) in [5.41, 5.74) is 6.74. The van der Waals surface area contributed by atoms with Gasteiger partial charge in [0.1, 0.15) is 16.6 Å². The lowest BCUT2D eigenvalue weighted by Crippen LogP contribution is -2.41. The van der Waals surface area contributed by atoms with E-state index < -0.39 is 6.04 Å². The summed E-state index contributed by atoms with van der Waals surface area (Å²) in [6, 6.07) is 8.90. The number of Topliss-reactive ketones (excluding diaryl/α,β-unsaturated/α-hetero) is 1. The van der Waals surface area contributed by atoms with Gasteiger partial charge in [-0.25, -0.2) is 9.97 Å². The van der Waals surface area contributed by atoms with Crippen LogP contribution in [0, 0.1) is 12.8 Å². The van der Waals surface area contributed by atoms with Crippen molar-refractivity contribution in [2.45, 2.75) is 37.4 Å². The van der Waals surface area contributed by atoms with Gasteiger partial charge in [-0.05, 0) is 56.0 Å². The number of ether oxygens (including phenoxy) is 1. The minimum Gasteiger partial charge on any atom is -0.497 e. The van der Waals surface area contributed by atoms with Crippen LogP contribution >= 0.6 is 23.1 Å². The first-order chi connectivity index (χ1) is 14.9. The van der Waals surface area contributed by atoms with E-state index in [0.717, 1.165) is 39.4 Å². The van der Waals surface area contributed by atoms with Crippen LogP contribution in [0.2, 0.25) is 0 Å². The molecular formula is C22H24N4O3S2. The number of carbonyl (C=O) groups excluding carboxylic acids is 2. The van der Waals surface area contributed by atoms with Gasteiger partial charge in [-0.3, -0.25) is 9.59 Å². The molecule has 2 heterocycles. The number of amides is 1. The first-order valence-electron chi connectivity index (χ1n) is 10.0. The molecule has 2 aromatic heterocycles. The zero-order valence-corrected chi connectivity index (χ0v) is 19.0. The number of rotatable bonds is 9. The van der Waals surface area contributed by atoms with Gasteiger partial charge in [-0.15, -0.1) is 11.3 Å². The van der Waals surface area contributed by atoms with E-state index in [1.165, 1.54) is 23.1 Å². The van der Waals surface area contributed by atoms with Crippen LogP contribution < -0.4 is 15.8 Å². The quantitative estimate of drug-likeness (QED) is 0.289. The van der Waals surface area contributed by atoms with Crippen LogP contribution in [0.4, 0.5) is 0 Å². The zero-order chi connectivity index (χ0) is 22.0. The van der Waals surface area contributed by atoms with E-state index in [-0.39, 0.29) is 17.4 Å². The summed E-state index contributed by atoms with van der Waals surface area (Å²) in [5.74, 6) is 1.86. The van der Waals surface area contributed by atoms with Crippen LogP contribution in [0.1, 0.15) is 33.2 Å². The Morgan fingerprint density at radius 1 is 1.29 bits per heavy atom. The number of hydrogen-bond acceptors (Lipinski definition) is 8. The highest BCUT2D eigenvalue weighted by molar-refractivity contribution is 8.00. The average Bonchev–Trinajstić information content (AvgIpc) is 3.52. The van der Waals surface area contributed by atoms with E-state index in [0.29, 0.717) is 23.2 Å².